The maximum Gasteiger partial charge on any atom is 0.264 e. The molecule has 1 fully saturated rings. The topological polar surface area (TPSA) is 96.0 Å². The van der Waals surface area contributed by atoms with Gasteiger partial charge in [0.15, 0.2) is 0 Å². The lowest BCUT2D eigenvalue weighted by Gasteiger charge is -2.35. The van der Waals surface area contributed by atoms with E-state index in [1.165, 1.54) is 19.2 Å². The van der Waals surface area contributed by atoms with Crippen LogP contribution in [0.4, 0.5) is 5.69 Å². The summed E-state index contributed by atoms with van der Waals surface area (Å²) in [4.78, 5) is 30.7. The molecule has 0 unspecified atom stereocenters. The molecule has 0 spiro atoms. The summed E-state index contributed by atoms with van der Waals surface area (Å²) in [7, 11) is -2.76. The maximum absolute atomic E-state index is 14.8. The number of carbonyl (C=O) groups is 2. The summed E-state index contributed by atoms with van der Waals surface area (Å²) in [6.45, 7) is 3.42. The number of hydrogen-bond acceptors (Lipinski definition) is 5. The van der Waals surface area contributed by atoms with Crippen LogP contribution in [0.25, 0.3) is 0 Å². The van der Waals surface area contributed by atoms with Crippen LogP contribution in [0.5, 0.6) is 5.75 Å². The molecule has 1 aliphatic rings. The third-order valence-electron chi connectivity index (χ3n) is 8.87. The fourth-order valence-electron chi connectivity index (χ4n) is 6.33. The van der Waals surface area contributed by atoms with Gasteiger partial charge in [-0.15, -0.1) is 0 Å². The number of ether oxygens (including phenoxy) is 1. The van der Waals surface area contributed by atoms with Crippen molar-refractivity contribution in [2.24, 2.45) is 0 Å². The van der Waals surface area contributed by atoms with Crippen LogP contribution in [0.2, 0.25) is 0 Å². The van der Waals surface area contributed by atoms with Gasteiger partial charge in [-0.3, -0.25) is 13.9 Å². The third kappa shape index (κ3) is 8.63. The van der Waals surface area contributed by atoms with E-state index in [2.05, 4.69) is 5.32 Å². The van der Waals surface area contributed by atoms with Gasteiger partial charge in [0.1, 0.15) is 18.3 Å². The Hall–Kier alpha value is -4.63. The summed E-state index contributed by atoms with van der Waals surface area (Å²) >= 11 is 0. The number of methoxy groups -OCH3 is 1. The van der Waals surface area contributed by atoms with E-state index in [1.54, 1.807) is 35.2 Å². The first-order valence-corrected chi connectivity index (χ1v) is 18.0. The standard InChI is InChI=1S/C39H45N3O5S/c1-29-14-13-17-32(24-29)27-41(36(26-31-15-7-4-8-16-31)39(44)40-33-18-9-5-10-19-33)38(43)28-42(35-25-30(2)22-23-37(35)47-3)48(45,46)34-20-11-6-12-21-34/h4,6-8,11-17,20-25,33,36H,5,9-10,18-19,26-28H2,1-3H3,(H,40,44)/t36-/m1/s1. The number of nitrogens with zero attached hydrogens (tertiary/aromatic N) is 2. The Labute approximate surface area is 284 Å². The van der Waals surface area contributed by atoms with Gasteiger partial charge in [0.2, 0.25) is 11.8 Å². The van der Waals surface area contributed by atoms with Gasteiger partial charge in [0.25, 0.3) is 10.0 Å². The second kappa shape index (κ2) is 16.0. The Morgan fingerprint density at radius 1 is 0.812 bits per heavy atom. The highest BCUT2D eigenvalue weighted by atomic mass is 32.2. The summed E-state index contributed by atoms with van der Waals surface area (Å²) in [6.07, 6.45) is 5.30. The Morgan fingerprint density at radius 3 is 2.12 bits per heavy atom. The van der Waals surface area contributed by atoms with E-state index in [4.69, 9.17) is 4.74 Å². The number of rotatable bonds is 13. The van der Waals surface area contributed by atoms with Crippen molar-refractivity contribution in [3.8, 4) is 5.75 Å². The third-order valence-corrected chi connectivity index (χ3v) is 10.6. The van der Waals surface area contributed by atoms with Crippen molar-refractivity contribution in [2.75, 3.05) is 18.0 Å². The van der Waals surface area contributed by atoms with Crippen molar-refractivity contribution in [1.29, 1.82) is 0 Å². The average molecular weight is 668 g/mol. The van der Waals surface area contributed by atoms with Crippen LogP contribution in [-0.4, -0.2) is 50.9 Å². The van der Waals surface area contributed by atoms with E-state index in [0.29, 0.717) is 5.75 Å². The predicted octanol–water partition coefficient (Wildman–Crippen LogP) is 6.60. The molecule has 4 aromatic rings. The SMILES string of the molecule is COc1ccc(C)cc1N(CC(=O)N(Cc1cccc(C)c1)[C@H](Cc1ccccc1)C(=O)NC1CCCCC1)S(=O)(=O)c1ccccc1. The Morgan fingerprint density at radius 2 is 1.46 bits per heavy atom. The van der Waals surface area contributed by atoms with Gasteiger partial charge in [0, 0.05) is 19.0 Å². The normalized spacial score (nSPS) is 14.1. The second-order valence-corrected chi connectivity index (χ2v) is 14.4. The van der Waals surface area contributed by atoms with Crippen molar-refractivity contribution in [2.45, 2.75) is 75.9 Å². The number of hydrogen-bond donors (Lipinski definition) is 1. The number of nitrogens with one attached hydrogen (secondary N) is 1. The van der Waals surface area contributed by atoms with Crippen molar-refractivity contribution in [3.63, 3.8) is 0 Å². The van der Waals surface area contributed by atoms with Crippen LogP contribution in [0, 0.1) is 13.8 Å². The molecule has 0 saturated heterocycles. The van der Waals surface area contributed by atoms with Crippen LogP contribution >= 0.6 is 0 Å². The first-order valence-electron chi connectivity index (χ1n) is 16.6. The summed E-state index contributed by atoms with van der Waals surface area (Å²) in [5, 5.41) is 3.25. The predicted molar refractivity (Wildman–Crippen MR) is 189 cm³/mol. The van der Waals surface area contributed by atoms with Crippen LogP contribution in [0.3, 0.4) is 0 Å². The van der Waals surface area contributed by atoms with Gasteiger partial charge >= 0.3 is 0 Å². The van der Waals surface area contributed by atoms with Crippen LogP contribution in [0.1, 0.15) is 54.4 Å². The zero-order valence-electron chi connectivity index (χ0n) is 28.0. The molecule has 252 valence electrons. The molecule has 1 saturated carbocycles. The number of sulfonamides is 1. The van der Waals surface area contributed by atoms with Gasteiger partial charge in [0.05, 0.1) is 17.7 Å². The van der Waals surface area contributed by atoms with Gasteiger partial charge in [-0.1, -0.05) is 104 Å². The van der Waals surface area contributed by atoms with Crippen LogP contribution < -0.4 is 14.4 Å². The maximum atomic E-state index is 14.8. The minimum Gasteiger partial charge on any atom is -0.495 e. The fraction of sp³-hybridized carbons (Fsp3) is 0.333. The van der Waals surface area contributed by atoms with Gasteiger partial charge < -0.3 is 15.0 Å². The Kier molecular flexibility index (Phi) is 11.5. The summed E-state index contributed by atoms with van der Waals surface area (Å²) in [5.41, 5.74) is 3.81. The molecule has 8 nitrogen and oxygen atoms in total. The molecular formula is C39H45N3O5S. The lowest BCUT2D eigenvalue weighted by molar-refractivity contribution is -0.140. The highest BCUT2D eigenvalue weighted by molar-refractivity contribution is 7.92. The van der Waals surface area contributed by atoms with E-state index >= 15 is 0 Å². The number of carbonyl (C=O) groups excluding carboxylic acids is 2. The van der Waals surface area contributed by atoms with Crippen molar-refractivity contribution in [1.82, 2.24) is 10.2 Å². The summed E-state index contributed by atoms with van der Waals surface area (Å²) in [5.74, 6) is -0.425. The molecule has 2 amide bonds. The Bertz CT molecular complexity index is 1790. The zero-order valence-corrected chi connectivity index (χ0v) is 28.8. The lowest BCUT2D eigenvalue weighted by atomic mass is 9.94. The molecule has 5 rings (SSSR count). The van der Waals surface area contributed by atoms with Crippen molar-refractivity contribution < 1.29 is 22.7 Å². The van der Waals surface area contributed by atoms with E-state index in [-0.39, 0.29) is 35.5 Å². The quantitative estimate of drug-likeness (QED) is 0.174. The molecule has 0 bridgehead atoms. The smallest absolute Gasteiger partial charge is 0.264 e. The molecule has 48 heavy (non-hydrogen) atoms. The van der Waals surface area contributed by atoms with E-state index < -0.39 is 28.5 Å². The molecule has 0 aliphatic heterocycles. The molecule has 0 aromatic heterocycles. The first-order chi connectivity index (χ1) is 23.2. The Balaban J connectivity index is 1.60. The highest BCUT2D eigenvalue weighted by Crippen LogP contribution is 2.34. The van der Waals surface area contributed by atoms with Crippen LogP contribution in [-0.2, 0) is 32.6 Å². The van der Waals surface area contributed by atoms with Gasteiger partial charge in [-0.2, -0.15) is 0 Å². The molecule has 9 heteroatoms. The first kappa shape index (κ1) is 34.7. The molecule has 4 aromatic carbocycles. The minimum atomic E-state index is -4.23. The molecule has 1 N–H and O–H groups in total. The molecule has 0 radical (unpaired) electrons. The number of benzene rings is 4. The number of aryl methyl sites for hydroxylation is 2. The molecule has 1 aliphatic carbocycles. The van der Waals surface area contributed by atoms with E-state index in [0.717, 1.165) is 58.7 Å². The molecule has 0 heterocycles. The molecular weight excluding hydrogens is 623 g/mol. The van der Waals surface area contributed by atoms with E-state index in [1.807, 2.05) is 74.5 Å². The highest BCUT2D eigenvalue weighted by Gasteiger charge is 2.36. The zero-order chi connectivity index (χ0) is 34.1. The van der Waals surface area contributed by atoms with Gasteiger partial charge in [-0.05, 0) is 67.6 Å². The summed E-state index contributed by atoms with van der Waals surface area (Å²) in [6, 6.07) is 29.9. The largest absolute Gasteiger partial charge is 0.495 e. The van der Waals surface area contributed by atoms with Crippen molar-refractivity contribution in [3.05, 3.63) is 125 Å². The lowest BCUT2D eigenvalue weighted by Crippen LogP contribution is -2.55. The summed E-state index contributed by atoms with van der Waals surface area (Å²) < 4.78 is 35.4. The minimum absolute atomic E-state index is 0.0342. The van der Waals surface area contributed by atoms with Gasteiger partial charge in [-0.25, -0.2) is 8.42 Å². The number of amides is 2. The van der Waals surface area contributed by atoms with E-state index in [9.17, 15) is 18.0 Å². The second-order valence-electron chi connectivity index (χ2n) is 12.6. The molecule has 1 atom stereocenters. The monoisotopic (exact) mass is 667 g/mol. The van der Waals surface area contributed by atoms with Crippen LogP contribution in [0.15, 0.2) is 108 Å². The van der Waals surface area contributed by atoms with Crippen molar-refractivity contribution >= 4 is 27.5 Å². The number of anilines is 1. The fourth-order valence-corrected chi connectivity index (χ4v) is 7.77. The average Bonchev–Trinajstić information content (AvgIpc) is 3.09.